The largest absolute Gasteiger partial charge is 0.489 e. The van der Waals surface area contributed by atoms with E-state index in [1.54, 1.807) is 36.4 Å². The number of non-ortho nitro benzene ring substituents is 1. The Bertz CT molecular complexity index is 852. The SMILES string of the molecule is CC(CNCCc1ccc([N+](=O)[O-])cc1)Oc1ccc(NS(C)(=O)=O)cc1. The van der Waals surface area contributed by atoms with Crippen molar-refractivity contribution in [3.63, 3.8) is 0 Å². The molecule has 0 amide bonds. The van der Waals surface area contributed by atoms with Gasteiger partial charge in [-0.05, 0) is 49.7 Å². The van der Waals surface area contributed by atoms with Gasteiger partial charge in [-0.25, -0.2) is 8.42 Å². The first-order valence-electron chi connectivity index (χ1n) is 8.41. The van der Waals surface area contributed by atoms with Gasteiger partial charge in [0.1, 0.15) is 11.9 Å². The Morgan fingerprint density at radius 3 is 2.30 bits per heavy atom. The highest BCUT2D eigenvalue weighted by Crippen LogP contribution is 2.17. The average molecular weight is 393 g/mol. The number of nitro groups is 1. The summed E-state index contributed by atoms with van der Waals surface area (Å²) in [6.07, 6.45) is 1.79. The van der Waals surface area contributed by atoms with Crippen molar-refractivity contribution in [2.24, 2.45) is 0 Å². The Balaban J connectivity index is 1.71. The third-order valence-corrected chi connectivity index (χ3v) is 4.27. The number of nitrogens with zero attached hydrogens (tertiary/aromatic N) is 1. The van der Waals surface area contributed by atoms with Crippen LogP contribution in [0.4, 0.5) is 11.4 Å². The van der Waals surface area contributed by atoms with E-state index in [0.29, 0.717) is 18.0 Å². The van der Waals surface area contributed by atoms with Crippen molar-refractivity contribution in [2.45, 2.75) is 19.4 Å². The second-order valence-electron chi connectivity index (χ2n) is 6.20. The molecule has 0 bridgehead atoms. The van der Waals surface area contributed by atoms with Crippen LogP contribution >= 0.6 is 0 Å². The fourth-order valence-electron chi connectivity index (χ4n) is 2.41. The molecule has 0 saturated carbocycles. The van der Waals surface area contributed by atoms with Gasteiger partial charge in [0, 0.05) is 24.4 Å². The molecular formula is C18H23N3O5S. The Morgan fingerprint density at radius 2 is 1.74 bits per heavy atom. The van der Waals surface area contributed by atoms with Gasteiger partial charge in [-0.3, -0.25) is 14.8 Å². The fourth-order valence-corrected chi connectivity index (χ4v) is 2.98. The molecule has 0 aliphatic carbocycles. The van der Waals surface area contributed by atoms with Crippen LogP contribution in [0.2, 0.25) is 0 Å². The number of benzene rings is 2. The Labute approximate surface area is 158 Å². The van der Waals surface area contributed by atoms with Crippen molar-refractivity contribution in [3.8, 4) is 5.75 Å². The zero-order valence-corrected chi connectivity index (χ0v) is 16.0. The van der Waals surface area contributed by atoms with Crippen LogP contribution in [0.5, 0.6) is 5.75 Å². The summed E-state index contributed by atoms with van der Waals surface area (Å²) in [6.45, 7) is 3.29. The van der Waals surface area contributed by atoms with Gasteiger partial charge < -0.3 is 10.1 Å². The standard InChI is InChI=1S/C18H23N3O5S/c1-14(26-18-9-5-16(6-10-18)20-27(2,24)25)13-19-12-11-15-3-7-17(8-4-15)21(22)23/h3-10,14,19-20H,11-13H2,1-2H3. The summed E-state index contributed by atoms with van der Waals surface area (Å²) in [5, 5.41) is 13.9. The number of anilines is 1. The summed E-state index contributed by atoms with van der Waals surface area (Å²) < 4.78 is 30.5. The molecule has 0 fully saturated rings. The summed E-state index contributed by atoms with van der Waals surface area (Å²) in [4.78, 5) is 10.2. The van der Waals surface area contributed by atoms with E-state index in [-0.39, 0.29) is 11.8 Å². The van der Waals surface area contributed by atoms with E-state index in [0.717, 1.165) is 24.8 Å². The molecule has 1 unspecified atom stereocenters. The number of nitrogens with one attached hydrogen (secondary N) is 2. The molecule has 2 N–H and O–H groups in total. The third-order valence-electron chi connectivity index (χ3n) is 3.66. The maximum Gasteiger partial charge on any atom is 0.269 e. The van der Waals surface area contributed by atoms with Crippen LogP contribution in [0.15, 0.2) is 48.5 Å². The number of ether oxygens (including phenoxy) is 1. The molecular weight excluding hydrogens is 370 g/mol. The lowest BCUT2D eigenvalue weighted by molar-refractivity contribution is -0.384. The van der Waals surface area contributed by atoms with Gasteiger partial charge >= 0.3 is 0 Å². The Kier molecular flexibility index (Phi) is 7.14. The van der Waals surface area contributed by atoms with Gasteiger partial charge in [0.25, 0.3) is 5.69 Å². The monoisotopic (exact) mass is 393 g/mol. The zero-order valence-electron chi connectivity index (χ0n) is 15.2. The molecule has 8 nitrogen and oxygen atoms in total. The summed E-state index contributed by atoms with van der Waals surface area (Å²) in [6, 6.07) is 13.2. The van der Waals surface area contributed by atoms with Crippen LogP contribution in [0.25, 0.3) is 0 Å². The average Bonchev–Trinajstić information content (AvgIpc) is 2.59. The third kappa shape index (κ3) is 7.63. The molecule has 0 aromatic heterocycles. The zero-order chi connectivity index (χ0) is 19.9. The first kappa shape index (κ1) is 20.7. The second-order valence-corrected chi connectivity index (χ2v) is 7.95. The lowest BCUT2D eigenvalue weighted by atomic mass is 10.1. The minimum absolute atomic E-state index is 0.0735. The molecule has 0 saturated heterocycles. The molecule has 2 rings (SSSR count). The lowest BCUT2D eigenvalue weighted by Gasteiger charge is -2.16. The van der Waals surface area contributed by atoms with Crippen LogP contribution in [0.1, 0.15) is 12.5 Å². The van der Waals surface area contributed by atoms with E-state index in [1.807, 2.05) is 6.92 Å². The van der Waals surface area contributed by atoms with E-state index < -0.39 is 14.9 Å². The van der Waals surface area contributed by atoms with Crippen LogP contribution in [-0.2, 0) is 16.4 Å². The van der Waals surface area contributed by atoms with E-state index in [9.17, 15) is 18.5 Å². The van der Waals surface area contributed by atoms with Gasteiger partial charge in [-0.15, -0.1) is 0 Å². The van der Waals surface area contributed by atoms with Crippen molar-refractivity contribution in [3.05, 3.63) is 64.2 Å². The quantitative estimate of drug-likeness (QED) is 0.365. The predicted octanol–water partition coefficient (Wildman–Crippen LogP) is 2.57. The van der Waals surface area contributed by atoms with E-state index in [2.05, 4.69) is 10.0 Å². The maximum atomic E-state index is 11.2. The molecule has 9 heteroatoms. The van der Waals surface area contributed by atoms with E-state index in [1.165, 1.54) is 12.1 Å². The minimum atomic E-state index is -3.29. The number of hydrogen-bond acceptors (Lipinski definition) is 6. The topological polar surface area (TPSA) is 111 Å². The van der Waals surface area contributed by atoms with Crippen molar-refractivity contribution in [1.82, 2.24) is 5.32 Å². The van der Waals surface area contributed by atoms with Crippen molar-refractivity contribution in [1.29, 1.82) is 0 Å². The molecule has 0 aliphatic rings. The number of nitro benzene ring substituents is 1. The number of sulfonamides is 1. The maximum absolute atomic E-state index is 11.2. The van der Waals surface area contributed by atoms with Gasteiger partial charge in [0.05, 0.1) is 11.2 Å². The molecule has 27 heavy (non-hydrogen) atoms. The molecule has 146 valence electrons. The summed E-state index contributed by atoms with van der Waals surface area (Å²) in [5.41, 5.74) is 1.60. The highest BCUT2D eigenvalue weighted by Gasteiger charge is 2.06. The first-order chi connectivity index (χ1) is 12.7. The summed E-state index contributed by atoms with van der Waals surface area (Å²) in [5.74, 6) is 0.652. The summed E-state index contributed by atoms with van der Waals surface area (Å²) in [7, 11) is -3.29. The molecule has 0 aliphatic heterocycles. The molecule has 1 atom stereocenters. The van der Waals surface area contributed by atoms with E-state index >= 15 is 0 Å². The van der Waals surface area contributed by atoms with Gasteiger partial charge in [0.2, 0.25) is 10.0 Å². The molecule has 0 radical (unpaired) electrons. The first-order valence-corrected chi connectivity index (χ1v) is 10.3. The predicted molar refractivity (Wildman–Crippen MR) is 105 cm³/mol. The number of rotatable bonds is 10. The van der Waals surface area contributed by atoms with Gasteiger partial charge in [-0.1, -0.05) is 12.1 Å². The van der Waals surface area contributed by atoms with Crippen LogP contribution < -0.4 is 14.8 Å². The molecule has 2 aromatic carbocycles. The van der Waals surface area contributed by atoms with Crippen molar-refractivity contribution >= 4 is 21.4 Å². The molecule has 0 heterocycles. The smallest absolute Gasteiger partial charge is 0.269 e. The van der Waals surface area contributed by atoms with E-state index in [4.69, 9.17) is 4.74 Å². The number of hydrogen-bond donors (Lipinski definition) is 2. The molecule has 2 aromatic rings. The molecule has 0 spiro atoms. The van der Waals surface area contributed by atoms with Gasteiger partial charge in [-0.2, -0.15) is 0 Å². The Morgan fingerprint density at radius 1 is 1.11 bits per heavy atom. The highest BCUT2D eigenvalue weighted by molar-refractivity contribution is 7.92. The highest BCUT2D eigenvalue weighted by atomic mass is 32.2. The van der Waals surface area contributed by atoms with Crippen molar-refractivity contribution < 1.29 is 18.1 Å². The van der Waals surface area contributed by atoms with Crippen molar-refractivity contribution in [2.75, 3.05) is 24.1 Å². The minimum Gasteiger partial charge on any atom is -0.489 e. The fraction of sp³-hybridized carbons (Fsp3) is 0.333. The van der Waals surface area contributed by atoms with Crippen LogP contribution in [-0.4, -0.2) is 38.8 Å². The summed E-state index contributed by atoms with van der Waals surface area (Å²) >= 11 is 0. The van der Waals surface area contributed by atoms with Crippen LogP contribution in [0, 0.1) is 10.1 Å². The Hall–Kier alpha value is -2.65. The normalized spacial score (nSPS) is 12.4. The lowest BCUT2D eigenvalue weighted by Crippen LogP contribution is -2.30. The second kappa shape index (κ2) is 9.33. The van der Waals surface area contributed by atoms with Crippen LogP contribution in [0.3, 0.4) is 0 Å². The van der Waals surface area contributed by atoms with Gasteiger partial charge in [0.15, 0.2) is 0 Å².